The zero-order valence-corrected chi connectivity index (χ0v) is 15.3. The van der Waals surface area contributed by atoms with Gasteiger partial charge in [0.05, 0.1) is 12.0 Å². The topological polar surface area (TPSA) is 64.4 Å². The Hall–Kier alpha value is -2.78. The van der Waals surface area contributed by atoms with Gasteiger partial charge in [0, 0.05) is 41.0 Å². The molecular weight excluding hydrogens is 394 g/mol. The van der Waals surface area contributed by atoms with Crippen molar-refractivity contribution < 1.29 is 22.7 Å². The molecule has 2 aromatic heterocycles. The lowest BCUT2D eigenvalue weighted by Gasteiger charge is -2.07. The van der Waals surface area contributed by atoms with E-state index < -0.39 is 11.6 Å². The molecule has 5 nitrogen and oxygen atoms in total. The van der Waals surface area contributed by atoms with Crippen LogP contribution in [0.25, 0.3) is 28.2 Å². The quantitative estimate of drug-likeness (QED) is 0.520. The molecule has 1 aliphatic rings. The van der Waals surface area contributed by atoms with Crippen LogP contribution in [0, 0.1) is 11.6 Å². The molecule has 0 saturated carbocycles. The number of thioether (sulfide) groups is 1. The summed E-state index contributed by atoms with van der Waals surface area (Å²) in [5, 5.41) is 3.10. The highest BCUT2D eigenvalue weighted by molar-refractivity contribution is 8.26. The number of rotatable bonds is 3. The van der Waals surface area contributed by atoms with Crippen molar-refractivity contribution >= 4 is 51.3 Å². The van der Waals surface area contributed by atoms with Gasteiger partial charge in [-0.3, -0.25) is 9.78 Å². The minimum absolute atomic E-state index is 0.00545. The van der Waals surface area contributed by atoms with Crippen LogP contribution in [0.4, 0.5) is 8.78 Å². The maximum Gasteiger partial charge on any atom is 0.263 e. The Kier molecular flexibility index (Phi) is 4.40. The van der Waals surface area contributed by atoms with Crippen LogP contribution in [-0.4, -0.2) is 22.3 Å². The third-order valence-corrected chi connectivity index (χ3v) is 5.05. The molecule has 0 aliphatic carbocycles. The summed E-state index contributed by atoms with van der Waals surface area (Å²) in [7, 11) is 1.26. The Labute approximate surface area is 161 Å². The zero-order chi connectivity index (χ0) is 19.1. The van der Waals surface area contributed by atoms with E-state index in [2.05, 4.69) is 10.3 Å². The van der Waals surface area contributed by atoms with Crippen molar-refractivity contribution in [2.75, 3.05) is 7.11 Å². The molecule has 9 heteroatoms. The number of furan rings is 1. The molecule has 136 valence electrons. The summed E-state index contributed by atoms with van der Waals surface area (Å²) in [6.45, 7) is 0. The van der Waals surface area contributed by atoms with E-state index in [9.17, 15) is 13.6 Å². The van der Waals surface area contributed by atoms with Gasteiger partial charge in [0.25, 0.3) is 5.91 Å². The number of halogens is 2. The first-order valence-electron chi connectivity index (χ1n) is 7.62. The van der Waals surface area contributed by atoms with Gasteiger partial charge in [0.1, 0.15) is 21.5 Å². The highest BCUT2D eigenvalue weighted by Crippen LogP contribution is 2.35. The standard InChI is InChI=1S/C18H10F2N2O3S2/c1-24-14-5-12(19)10(4-13(14)20)11-7-21-6-8-2-9(25-16(8)11)3-15-17(23)22-18(26)27-15/h2-7H,1H3,(H,22,23,26)/b15-3+. The van der Waals surface area contributed by atoms with E-state index in [0.29, 0.717) is 26.0 Å². The second-order valence-electron chi connectivity index (χ2n) is 5.57. The molecule has 1 saturated heterocycles. The highest BCUT2D eigenvalue weighted by atomic mass is 32.2. The lowest BCUT2D eigenvalue weighted by atomic mass is 10.0. The van der Waals surface area contributed by atoms with E-state index in [1.54, 1.807) is 6.07 Å². The third-order valence-electron chi connectivity index (χ3n) is 3.89. The summed E-state index contributed by atoms with van der Waals surface area (Å²) in [4.78, 5) is 16.2. The molecular formula is C18H10F2N2O3S2. The van der Waals surface area contributed by atoms with E-state index in [1.807, 2.05) is 0 Å². The van der Waals surface area contributed by atoms with Crippen molar-refractivity contribution in [1.29, 1.82) is 0 Å². The van der Waals surface area contributed by atoms with Crippen LogP contribution in [0.15, 0.2) is 39.9 Å². The SMILES string of the molecule is COc1cc(F)c(-c2cncc3cc(/C=C4/SC(=S)NC4=O)oc23)cc1F. The first-order chi connectivity index (χ1) is 13.0. The Morgan fingerprint density at radius 2 is 2.04 bits per heavy atom. The fourth-order valence-corrected chi connectivity index (χ4v) is 3.71. The lowest BCUT2D eigenvalue weighted by molar-refractivity contribution is -0.115. The van der Waals surface area contributed by atoms with Crippen LogP contribution in [0.1, 0.15) is 5.76 Å². The van der Waals surface area contributed by atoms with Crippen molar-refractivity contribution in [1.82, 2.24) is 10.3 Å². The van der Waals surface area contributed by atoms with Gasteiger partial charge in [0.2, 0.25) is 0 Å². The molecule has 0 bridgehead atoms. The summed E-state index contributed by atoms with van der Waals surface area (Å²) in [5.74, 6) is -1.51. The van der Waals surface area contributed by atoms with Crippen molar-refractivity contribution in [2.24, 2.45) is 0 Å². The number of ether oxygens (including phenoxy) is 1. The van der Waals surface area contributed by atoms with E-state index in [1.165, 1.54) is 25.6 Å². The molecule has 27 heavy (non-hydrogen) atoms. The van der Waals surface area contributed by atoms with Gasteiger partial charge < -0.3 is 14.5 Å². The summed E-state index contributed by atoms with van der Waals surface area (Å²) in [6.07, 6.45) is 4.46. The van der Waals surface area contributed by atoms with Crippen molar-refractivity contribution in [3.8, 4) is 16.9 Å². The monoisotopic (exact) mass is 404 g/mol. The maximum absolute atomic E-state index is 14.5. The fraction of sp³-hybridized carbons (Fsp3) is 0.0556. The van der Waals surface area contributed by atoms with Gasteiger partial charge in [-0.2, -0.15) is 0 Å². The minimum atomic E-state index is -0.702. The first-order valence-corrected chi connectivity index (χ1v) is 8.84. The highest BCUT2D eigenvalue weighted by Gasteiger charge is 2.23. The number of methoxy groups -OCH3 is 1. The number of nitrogens with zero attached hydrogens (tertiary/aromatic N) is 1. The van der Waals surface area contributed by atoms with Crippen LogP contribution in [0.2, 0.25) is 0 Å². The molecule has 1 aromatic carbocycles. The van der Waals surface area contributed by atoms with E-state index in [-0.39, 0.29) is 22.8 Å². The molecule has 1 amide bonds. The van der Waals surface area contributed by atoms with Gasteiger partial charge in [-0.1, -0.05) is 24.0 Å². The summed E-state index contributed by atoms with van der Waals surface area (Å²) >= 11 is 6.07. The molecule has 0 unspecified atom stereocenters. The number of hydrogen-bond donors (Lipinski definition) is 1. The number of pyridine rings is 1. The Bertz CT molecular complexity index is 1140. The van der Waals surface area contributed by atoms with Crippen molar-refractivity contribution in [3.05, 3.63) is 52.9 Å². The predicted octanol–water partition coefficient (Wildman–Crippen LogP) is 4.27. The number of aromatic nitrogens is 1. The van der Waals surface area contributed by atoms with Gasteiger partial charge in [-0.15, -0.1) is 0 Å². The van der Waals surface area contributed by atoms with E-state index >= 15 is 0 Å². The molecule has 1 N–H and O–H groups in total. The second kappa shape index (κ2) is 6.75. The van der Waals surface area contributed by atoms with Crippen LogP contribution < -0.4 is 10.1 Å². The number of benzene rings is 1. The molecule has 1 aliphatic heterocycles. The number of thiocarbonyl (C=S) groups is 1. The number of nitrogens with one attached hydrogen (secondary N) is 1. The van der Waals surface area contributed by atoms with Gasteiger partial charge in [-0.05, 0) is 12.1 Å². The molecule has 0 atom stereocenters. The lowest BCUT2D eigenvalue weighted by Crippen LogP contribution is -2.17. The van der Waals surface area contributed by atoms with Crippen LogP contribution in [-0.2, 0) is 4.79 Å². The summed E-state index contributed by atoms with van der Waals surface area (Å²) in [5.41, 5.74) is 0.607. The Balaban J connectivity index is 1.83. The average Bonchev–Trinajstić information content (AvgIpc) is 3.18. The van der Waals surface area contributed by atoms with Crippen LogP contribution >= 0.6 is 24.0 Å². The molecule has 0 radical (unpaired) electrons. The van der Waals surface area contributed by atoms with Crippen LogP contribution in [0.3, 0.4) is 0 Å². The van der Waals surface area contributed by atoms with Crippen LogP contribution in [0.5, 0.6) is 5.75 Å². The van der Waals surface area contributed by atoms with Crippen molar-refractivity contribution in [2.45, 2.75) is 0 Å². The summed E-state index contributed by atoms with van der Waals surface area (Å²) in [6, 6.07) is 3.66. The van der Waals surface area contributed by atoms with Gasteiger partial charge in [-0.25, -0.2) is 8.78 Å². The number of amides is 1. The zero-order valence-electron chi connectivity index (χ0n) is 13.7. The molecule has 4 rings (SSSR count). The number of carbonyl (C=O) groups is 1. The van der Waals surface area contributed by atoms with Gasteiger partial charge in [0.15, 0.2) is 11.6 Å². The number of fused-ring (bicyclic) bond motifs is 1. The fourth-order valence-electron chi connectivity index (χ4n) is 2.69. The molecule has 1 fully saturated rings. The Morgan fingerprint density at radius 3 is 2.74 bits per heavy atom. The first kappa shape index (κ1) is 17.6. The second-order valence-corrected chi connectivity index (χ2v) is 7.29. The largest absolute Gasteiger partial charge is 0.494 e. The Morgan fingerprint density at radius 1 is 1.22 bits per heavy atom. The average molecular weight is 404 g/mol. The van der Waals surface area contributed by atoms with Gasteiger partial charge >= 0.3 is 0 Å². The van der Waals surface area contributed by atoms with E-state index in [4.69, 9.17) is 21.4 Å². The normalized spacial score (nSPS) is 15.6. The maximum atomic E-state index is 14.5. The predicted molar refractivity (Wildman–Crippen MR) is 102 cm³/mol. The molecule has 0 spiro atoms. The number of carbonyl (C=O) groups excluding carboxylic acids is 1. The van der Waals surface area contributed by atoms with E-state index in [0.717, 1.165) is 23.9 Å². The van der Waals surface area contributed by atoms with Crippen molar-refractivity contribution in [3.63, 3.8) is 0 Å². The smallest absolute Gasteiger partial charge is 0.263 e. The number of hydrogen-bond acceptors (Lipinski definition) is 6. The third kappa shape index (κ3) is 3.19. The molecule has 3 aromatic rings. The molecule has 3 heterocycles. The minimum Gasteiger partial charge on any atom is -0.494 e. The summed E-state index contributed by atoms with van der Waals surface area (Å²) < 4.78 is 39.4.